The molecule has 0 spiro atoms. The largest absolute Gasteiger partial charge is 0.274 e. The van der Waals surface area contributed by atoms with E-state index in [0.29, 0.717) is 12.1 Å². The molecule has 1 aromatic heterocycles. The Kier molecular flexibility index (Phi) is 4.90. The third-order valence-electron chi connectivity index (χ3n) is 3.22. The molecule has 0 aliphatic rings. The van der Waals surface area contributed by atoms with E-state index in [2.05, 4.69) is 9.82 Å². The average Bonchev–Trinajstić information content (AvgIpc) is 2.78. The molecule has 0 saturated carbocycles. The molecule has 2 rings (SSSR count). The fourth-order valence-electron chi connectivity index (χ4n) is 2.09. The molecule has 0 atom stereocenters. The second-order valence-corrected chi connectivity index (χ2v) is 8.39. The van der Waals surface area contributed by atoms with E-state index in [-0.39, 0.29) is 16.3 Å². The van der Waals surface area contributed by atoms with Crippen molar-refractivity contribution in [2.24, 2.45) is 12.2 Å². The Hall–Kier alpha value is -1.75. The normalized spacial score (nSPS) is 12.5. The molecule has 1 heterocycles. The van der Waals surface area contributed by atoms with E-state index in [4.69, 9.17) is 5.14 Å². The van der Waals surface area contributed by atoms with Crippen LogP contribution in [-0.2, 0) is 33.5 Å². The van der Waals surface area contributed by atoms with Gasteiger partial charge in [0, 0.05) is 19.8 Å². The van der Waals surface area contributed by atoms with Gasteiger partial charge < -0.3 is 0 Å². The zero-order valence-corrected chi connectivity index (χ0v) is 14.4. The Morgan fingerprint density at radius 1 is 1.17 bits per heavy atom. The molecule has 126 valence electrons. The maximum absolute atomic E-state index is 12.2. The molecule has 1 aromatic carbocycles. The SMILES string of the molecule is Cc1nn(C)cc1S(=O)(=O)NCCc1ccc(S(N)(=O)=O)cc1. The van der Waals surface area contributed by atoms with Crippen molar-refractivity contribution in [2.75, 3.05) is 6.54 Å². The first-order valence-electron chi connectivity index (χ1n) is 6.71. The average molecular weight is 358 g/mol. The molecule has 0 aliphatic heterocycles. The van der Waals surface area contributed by atoms with Gasteiger partial charge in [0.15, 0.2) is 0 Å². The van der Waals surface area contributed by atoms with Crippen molar-refractivity contribution in [3.8, 4) is 0 Å². The number of rotatable bonds is 6. The lowest BCUT2D eigenvalue weighted by Gasteiger charge is -2.06. The van der Waals surface area contributed by atoms with Gasteiger partial charge in [0.1, 0.15) is 4.90 Å². The Morgan fingerprint density at radius 3 is 2.26 bits per heavy atom. The van der Waals surface area contributed by atoms with Gasteiger partial charge in [0.2, 0.25) is 20.0 Å². The number of hydrogen-bond acceptors (Lipinski definition) is 5. The summed E-state index contributed by atoms with van der Waals surface area (Å²) in [5, 5.41) is 9.02. The number of nitrogens with zero attached hydrogens (tertiary/aromatic N) is 2. The van der Waals surface area contributed by atoms with Gasteiger partial charge in [-0.1, -0.05) is 12.1 Å². The van der Waals surface area contributed by atoms with Gasteiger partial charge in [-0.3, -0.25) is 4.68 Å². The molecule has 2 aromatic rings. The third-order valence-corrected chi connectivity index (χ3v) is 5.71. The van der Waals surface area contributed by atoms with Crippen LogP contribution in [0, 0.1) is 6.92 Å². The lowest BCUT2D eigenvalue weighted by atomic mass is 10.2. The molecule has 0 fully saturated rings. The standard InChI is InChI=1S/C13H18N4O4S2/c1-10-13(9-17(2)16-10)23(20,21)15-8-7-11-3-5-12(6-4-11)22(14,18)19/h3-6,9,15H,7-8H2,1-2H3,(H2,14,18,19). The van der Waals surface area contributed by atoms with Crippen LogP contribution >= 0.6 is 0 Å². The molecule has 0 unspecified atom stereocenters. The molecule has 3 N–H and O–H groups in total. The minimum absolute atomic E-state index is 0.0211. The first-order chi connectivity index (χ1) is 10.6. The number of nitrogens with one attached hydrogen (secondary N) is 1. The molecule has 0 bridgehead atoms. The summed E-state index contributed by atoms with van der Waals surface area (Å²) < 4.78 is 50.6. The van der Waals surface area contributed by atoms with Crippen LogP contribution in [0.2, 0.25) is 0 Å². The molecule has 0 radical (unpaired) electrons. The van der Waals surface area contributed by atoms with E-state index < -0.39 is 20.0 Å². The van der Waals surface area contributed by atoms with Crippen LogP contribution in [0.5, 0.6) is 0 Å². The highest BCUT2D eigenvalue weighted by Gasteiger charge is 2.19. The van der Waals surface area contributed by atoms with Gasteiger partial charge >= 0.3 is 0 Å². The van der Waals surface area contributed by atoms with Gasteiger partial charge in [-0.2, -0.15) is 5.10 Å². The second kappa shape index (κ2) is 6.40. The van der Waals surface area contributed by atoms with Crippen LogP contribution in [0.3, 0.4) is 0 Å². The van der Waals surface area contributed by atoms with Crippen LogP contribution in [0.25, 0.3) is 0 Å². The predicted molar refractivity (Wildman–Crippen MR) is 84.7 cm³/mol. The van der Waals surface area contributed by atoms with Gasteiger partial charge in [-0.05, 0) is 31.0 Å². The van der Waals surface area contributed by atoms with E-state index in [1.54, 1.807) is 26.1 Å². The quantitative estimate of drug-likeness (QED) is 0.746. The lowest BCUT2D eigenvalue weighted by Crippen LogP contribution is -2.26. The summed E-state index contributed by atoms with van der Waals surface area (Å²) in [5.74, 6) is 0. The number of nitrogens with two attached hydrogens (primary N) is 1. The third kappa shape index (κ3) is 4.38. The van der Waals surface area contributed by atoms with Crippen LogP contribution in [0.1, 0.15) is 11.3 Å². The molecular formula is C13H18N4O4S2. The maximum Gasteiger partial charge on any atom is 0.243 e. The summed E-state index contributed by atoms with van der Waals surface area (Å²) >= 11 is 0. The molecule has 10 heteroatoms. The summed E-state index contributed by atoms with van der Waals surface area (Å²) in [6.45, 7) is 1.81. The van der Waals surface area contributed by atoms with Crippen LogP contribution < -0.4 is 9.86 Å². The summed E-state index contributed by atoms with van der Waals surface area (Å²) in [4.78, 5) is 0.164. The highest BCUT2D eigenvalue weighted by Crippen LogP contribution is 2.13. The van der Waals surface area contributed by atoms with Crippen molar-refractivity contribution in [2.45, 2.75) is 23.1 Å². The van der Waals surface area contributed by atoms with Crippen molar-refractivity contribution in [1.29, 1.82) is 0 Å². The number of aryl methyl sites for hydroxylation is 2. The Morgan fingerprint density at radius 2 is 1.78 bits per heavy atom. The van der Waals surface area contributed by atoms with Crippen molar-refractivity contribution in [3.63, 3.8) is 0 Å². The van der Waals surface area contributed by atoms with Crippen molar-refractivity contribution in [3.05, 3.63) is 41.7 Å². The topological polar surface area (TPSA) is 124 Å². The first-order valence-corrected chi connectivity index (χ1v) is 9.74. The lowest BCUT2D eigenvalue weighted by molar-refractivity contribution is 0.581. The summed E-state index contributed by atoms with van der Waals surface area (Å²) in [6, 6.07) is 5.99. The number of sulfonamides is 2. The van der Waals surface area contributed by atoms with E-state index >= 15 is 0 Å². The number of hydrogen-bond donors (Lipinski definition) is 2. The van der Waals surface area contributed by atoms with Crippen molar-refractivity contribution >= 4 is 20.0 Å². The summed E-state index contributed by atoms with van der Waals surface area (Å²) in [5.41, 5.74) is 1.22. The number of primary sulfonamides is 1. The highest BCUT2D eigenvalue weighted by molar-refractivity contribution is 7.89. The molecule has 0 aliphatic carbocycles. The molecule has 8 nitrogen and oxygen atoms in total. The molecule has 0 amide bonds. The smallest absolute Gasteiger partial charge is 0.243 e. The van der Waals surface area contributed by atoms with Crippen LogP contribution in [0.15, 0.2) is 40.3 Å². The van der Waals surface area contributed by atoms with E-state index in [9.17, 15) is 16.8 Å². The van der Waals surface area contributed by atoms with Crippen molar-refractivity contribution in [1.82, 2.24) is 14.5 Å². The van der Waals surface area contributed by atoms with Gasteiger partial charge in [-0.15, -0.1) is 0 Å². The van der Waals surface area contributed by atoms with E-state index in [0.717, 1.165) is 5.56 Å². The summed E-state index contributed by atoms with van der Waals surface area (Å²) in [7, 11) is -5.69. The van der Waals surface area contributed by atoms with Crippen LogP contribution in [0.4, 0.5) is 0 Å². The van der Waals surface area contributed by atoms with Crippen molar-refractivity contribution < 1.29 is 16.8 Å². The number of aromatic nitrogens is 2. The molecule has 23 heavy (non-hydrogen) atoms. The molecular weight excluding hydrogens is 340 g/mol. The molecule has 0 saturated heterocycles. The second-order valence-electron chi connectivity index (χ2n) is 5.09. The zero-order valence-electron chi connectivity index (χ0n) is 12.7. The van der Waals surface area contributed by atoms with Gasteiger partial charge in [0.25, 0.3) is 0 Å². The summed E-state index contributed by atoms with van der Waals surface area (Å²) in [6.07, 6.45) is 1.86. The van der Waals surface area contributed by atoms with Gasteiger partial charge in [0.05, 0.1) is 10.6 Å². The minimum atomic E-state index is -3.72. The first kappa shape index (κ1) is 17.6. The Balaban J connectivity index is 2.01. The Bertz CT molecular complexity index is 900. The van der Waals surface area contributed by atoms with Gasteiger partial charge in [-0.25, -0.2) is 26.7 Å². The fourth-order valence-corrected chi connectivity index (χ4v) is 3.86. The highest BCUT2D eigenvalue weighted by atomic mass is 32.2. The Labute approximate surface area is 135 Å². The van der Waals surface area contributed by atoms with E-state index in [1.807, 2.05) is 0 Å². The monoisotopic (exact) mass is 358 g/mol. The zero-order chi connectivity index (χ0) is 17.3. The maximum atomic E-state index is 12.2. The van der Waals surface area contributed by atoms with E-state index in [1.165, 1.54) is 23.0 Å². The predicted octanol–water partition coefficient (Wildman–Crippen LogP) is -0.103. The number of benzene rings is 1. The van der Waals surface area contributed by atoms with Crippen LogP contribution in [-0.4, -0.2) is 33.2 Å². The fraction of sp³-hybridized carbons (Fsp3) is 0.308. The minimum Gasteiger partial charge on any atom is -0.274 e.